The van der Waals surface area contributed by atoms with Gasteiger partial charge in [0.25, 0.3) is 5.91 Å². The summed E-state index contributed by atoms with van der Waals surface area (Å²) in [5, 5.41) is 7.26. The third kappa shape index (κ3) is 4.13. The van der Waals surface area contributed by atoms with Crippen molar-refractivity contribution in [2.45, 2.75) is 39.7 Å². The first-order valence-corrected chi connectivity index (χ1v) is 8.67. The summed E-state index contributed by atoms with van der Waals surface area (Å²) in [6.07, 6.45) is 7.28. The number of amides is 1. The van der Waals surface area contributed by atoms with Gasteiger partial charge < -0.3 is 10.2 Å². The second-order valence-electron chi connectivity index (χ2n) is 6.72. The predicted molar refractivity (Wildman–Crippen MR) is 95.3 cm³/mol. The molecule has 0 radical (unpaired) electrons. The van der Waals surface area contributed by atoms with Crippen LogP contribution in [0.2, 0.25) is 0 Å². The van der Waals surface area contributed by atoms with Gasteiger partial charge in [-0.2, -0.15) is 5.10 Å². The van der Waals surface area contributed by atoms with Crippen molar-refractivity contribution in [3.63, 3.8) is 0 Å². The highest BCUT2D eigenvalue weighted by molar-refractivity contribution is 6.02. The fourth-order valence-electron chi connectivity index (χ4n) is 2.95. The predicted octanol–water partition coefficient (Wildman–Crippen LogP) is 3.18. The highest BCUT2D eigenvalue weighted by atomic mass is 16.1. The van der Waals surface area contributed by atoms with Gasteiger partial charge in [-0.15, -0.1) is 0 Å². The fraction of sp³-hybridized carbons (Fsp3) is 0.500. The molecule has 3 heterocycles. The van der Waals surface area contributed by atoms with E-state index < -0.39 is 0 Å². The molecule has 2 aromatic rings. The number of hydrogen-bond acceptors (Lipinski definition) is 4. The highest BCUT2D eigenvalue weighted by Crippen LogP contribution is 2.20. The Hall–Kier alpha value is -2.37. The van der Waals surface area contributed by atoms with Crippen molar-refractivity contribution in [1.29, 1.82) is 0 Å². The van der Waals surface area contributed by atoms with E-state index in [1.54, 1.807) is 12.3 Å². The molecule has 2 aromatic heterocycles. The highest BCUT2D eigenvalue weighted by Gasteiger charge is 2.14. The number of aromatic nitrogens is 3. The van der Waals surface area contributed by atoms with Gasteiger partial charge in [-0.25, -0.2) is 4.98 Å². The van der Waals surface area contributed by atoms with Crippen molar-refractivity contribution in [1.82, 2.24) is 14.8 Å². The second-order valence-corrected chi connectivity index (χ2v) is 6.72. The molecule has 0 atom stereocenters. The molecule has 0 bridgehead atoms. The number of piperidine rings is 1. The van der Waals surface area contributed by atoms with Crippen molar-refractivity contribution >= 4 is 17.4 Å². The molecule has 24 heavy (non-hydrogen) atoms. The van der Waals surface area contributed by atoms with Crippen LogP contribution in [0.3, 0.4) is 0 Å². The lowest BCUT2D eigenvalue weighted by Crippen LogP contribution is -2.30. The molecule has 0 saturated carbocycles. The van der Waals surface area contributed by atoms with E-state index in [1.165, 1.54) is 19.3 Å². The van der Waals surface area contributed by atoms with Crippen molar-refractivity contribution in [2.75, 3.05) is 23.3 Å². The molecular weight excluding hydrogens is 302 g/mol. The van der Waals surface area contributed by atoms with Crippen LogP contribution in [0.25, 0.3) is 0 Å². The summed E-state index contributed by atoms with van der Waals surface area (Å²) < 4.78 is 1.81. The van der Waals surface area contributed by atoms with Gasteiger partial charge in [0, 0.05) is 43.8 Å². The molecule has 3 rings (SSSR count). The third-order valence-corrected chi connectivity index (χ3v) is 4.11. The molecule has 0 spiro atoms. The maximum atomic E-state index is 12.4. The lowest BCUT2D eigenvalue weighted by atomic mass is 10.1. The molecule has 1 amide bonds. The molecule has 1 saturated heterocycles. The minimum Gasteiger partial charge on any atom is -0.357 e. The number of carbonyl (C=O) groups is 1. The molecule has 6 heteroatoms. The Kier molecular flexibility index (Phi) is 5.13. The SMILES string of the molecule is CC(C)Cn1ccc(C(=O)Nc2ccnc(N3CCCCC3)c2)n1. The van der Waals surface area contributed by atoms with Crippen LogP contribution in [0.5, 0.6) is 0 Å². The quantitative estimate of drug-likeness (QED) is 0.916. The van der Waals surface area contributed by atoms with Gasteiger partial charge in [0.05, 0.1) is 0 Å². The van der Waals surface area contributed by atoms with Crippen molar-refractivity contribution in [3.05, 3.63) is 36.3 Å². The van der Waals surface area contributed by atoms with Crippen LogP contribution < -0.4 is 10.2 Å². The van der Waals surface area contributed by atoms with Gasteiger partial charge in [-0.1, -0.05) is 13.8 Å². The van der Waals surface area contributed by atoms with Gasteiger partial charge in [0.15, 0.2) is 5.69 Å². The molecule has 1 aliphatic rings. The van der Waals surface area contributed by atoms with Crippen LogP contribution in [0.1, 0.15) is 43.6 Å². The number of nitrogens with one attached hydrogen (secondary N) is 1. The Morgan fingerprint density at radius 2 is 2.04 bits per heavy atom. The molecule has 1 N–H and O–H groups in total. The first-order chi connectivity index (χ1) is 11.6. The van der Waals surface area contributed by atoms with Gasteiger partial charge >= 0.3 is 0 Å². The minimum atomic E-state index is -0.187. The largest absolute Gasteiger partial charge is 0.357 e. The van der Waals surface area contributed by atoms with Crippen LogP contribution in [0.15, 0.2) is 30.6 Å². The zero-order valence-electron chi connectivity index (χ0n) is 14.4. The topological polar surface area (TPSA) is 63.1 Å². The molecule has 0 aromatic carbocycles. The second kappa shape index (κ2) is 7.47. The van der Waals surface area contributed by atoms with E-state index >= 15 is 0 Å². The smallest absolute Gasteiger partial charge is 0.276 e. The summed E-state index contributed by atoms with van der Waals surface area (Å²) in [6.45, 7) is 7.12. The molecule has 128 valence electrons. The number of hydrogen-bond donors (Lipinski definition) is 1. The van der Waals surface area contributed by atoms with E-state index in [-0.39, 0.29) is 5.91 Å². The summed E-state index contributed by atoms with van der Waals surface area (Å²) in [5.74, 6) is 1.24. The zero-order valence-corrected chi connectivity index (χ0v) is 14.4. The van der Waals surface area contributed by atoms with E-state index in [0.29, 0.717) is 11.6 Å². The maximum absolute atomic E-state index is 12.4. The first-order valence-electron chi connectivity index (χ1n) is 8.67. The molecule has 1 aliphatic heterocycles. The van der Waals surface area contributed by atoms with E-state index in [4.69, 9.17) is 0 Å². The summed E-state index contributed by atoms with van der Waals surface area (Å²) in [4.78, 5) is 19.1. The van der Waals surface area contributed by atoms with Crippen molar-refractivity contribution in [2.24, 2.45) is 5.92 Å². The monoisotopic (exact) mass is 327 g/mol. The van der Waals surface area contributed by atoms with Crippen LogP contribution in [-0.2, 0) is 6.54 Å². The van der Waals surface area contributed by atoms with Crippen molar-refractivity contribution in [3.8, 4) is 0 Å². The first kappa shape index (κ1) is 16.5. The standard InChI is InChI=1S/C18H25N5O/c1-14(2)13-23-11-7-16(21-23)18(24)20-15-6-8-19-17(12-15)22-9-4-3-5-10-22/h6-8,11-12,14H,3-5,9-10,13H2,1-2H3,(H,19,20,24). The van der Waals surface area contributed by atoms with E-state index in [9.17, 15) is 4.79 Å². The number of rotatable bonds is 5. The average molecular weight is 327 g/mol. The Morgan fingerprint density at radius 3 is 2.79 bits per heavy atom. The Balaban J connectivity index is 1.66. The Bertz CT molecular complexity index is 688. The van der Waals surface area contributed by atoms with Gasteiger partial charge in [0.2, 0.25) is 0 Å². The van der Waals surface area contributed by atoms with Gasteiger partial charge in [-0.05, 0) is 37.3 Å². The van der Waals surface area contributed by atoms with Crippen LogP contribution >= 0.6 is 0 Å². The van der Waals surface area contributed by atoms with E-state index in [0.717, 1.165) is 31.1 Å². The summed E-state index contributed by atoms with van der Waals surface area (Å²) in [7, 11) is 0. The Labute approximate surface area is 142 Å². The lowest BCUT2D eigenvalue weighted by molar-refractivity contribution is 0.102. The maximum Gasteiger partial charge on any atom is 0.276 e. The third-order valence-electron chi connectivity index (χ3n) is 4.11. The van der Waals surface area contributed by atoms with E-state index in [2.05, 4.69) is 34.1 Å². The summed E-state index contributed by atoms with van der Waals surface area (Å²) in [6, 6.07) is 5.51. The number of nitrogens with zero attached hydrogens (tertiary/aromatic N) is 4. The number of anilines is 2. The normalized spacial score (nSPS) is 14.9. The van der Waals surface area contributed by atoms with Crippen molar-refractivity contribution < 1.29 is 4.79 Å². The average Bonchev–Trinajstić information content (AvgIpc) is 3.04. The van der Waals surface area contributed by atoms with Crippen LogP contribution in [0.4, 0.5) is 11.5 Å². The van der Waals surface area contributed by atoms with Gasteiger partial charge in [-0.3, -0.25) is 9.48 Å². The van der Waals surface area contributed by atoms with E-state index in [1.807, 2.05) is 23.0 Å². The summed E-state index contributed by atoms with van der Waals surface area (Å²) in [5.41, 5.74) is 1.20. The number of pyridine rings is 1. The van der Waals surface area contributed by atoms with Gasteiger partial charge in [0.1, 0.15) is 5.82 Å². The number of carbonyl (C=O) groups excluding carboxylic acids is 1. The molecule has 6 nitrogen and oxygen atoms in total. The molecule has 0 aliphatic carbocycles. The minimum absolute atomic E-state index is 0.187. The fourth-order valence-corrected chi connectivity index (χ4v) is 2.95. The molecule has 0 unspecified atom stereocenters. The van der Waals surface area contributed by atoms with Crippen LogP contribution in [-0.4, -0.2) is 33.8 Å². The zero-order chi connectivity index (χ0) is 16.9. The Morgan fingerprint density at radius 1 is 1.25 bits per heavy atom. The lowest BCUT2D eigenvalue weighted by Gasteiger charge is -2.27. The van der Waals surface area contributed by atoms with Crippen LogP contribution in [0, 0.1) is 5.92 Å². The molecule has 1 fully saturated rings. The molecular formula is C18H25N5O. The summed E-state index contributed by atoms with van der Waals surface area (Å²) >= 11 is 0.